The van der Waals surface area contributed by atoms with Crippen LogP contribution in [0, 0.1) is 0 Å². The summed E-state index contributed by atoms with van der Waals surface area (Å²) in [5.74, 6) is 0.262. The number of thioether (sulfide) groups is 1. The summed E-state index contributed by atoms with van der Waals surface area (Å²) < 4.78 is 0. The van der Waals surface area contributed by atoms with Gasteiger partial charge in [-0.1, -0.05) is 12.1 Å². The Morgan fingerprint density at radius 2 is 1.70 bits per heavy atom. The van der Waals surface area contributed by atoms with Gasteiger partial charge in [0.1, 0.15) is 0 Å². The van der Waals surface area contributed by atoms with E-state index in [1.165, 1.54) is 0 Å². The van der Waals surface area contributed by atoms with Crippen molar-refractivity contribution in [2.45, 2.75) is 11.8 Å². The first kappa shape index (κ1) is 15.1. The van der Waals surface area contributed by atoms with E-state index >= 15 is 0 Å². The van der Waals surface area contributed by atoms with Crippen LogP contribution in [0.25, 0.3) is 0 Å². The molecule has 1 amide bonds. The molecule has 1 aliphatic heterocycles. The topological polar surface area (TPSA) is 40.6 Å². The van der Waals surface area contributed by atoms with E-state index in [-0.39, 0.29) is 11.7 Å². The van der Waals surface area contributed by atoms with Crippen molar-refractivity contribution in [3.8, 4) is 0 Å². The molecule has 0 saturated carbocycles. The van der Waals surface area contributed by atoms with Gasteiger partial charge in [0.25, 0.3) is 0 Å². The maximum Gasteiger partial charge on any atom is 0.219 e. The number of hydrogen-bond acceptors (Lipinski definition) is 4. The molecule has 1 heterocycles. The third-order valence-corrected chi connectivity index (χ3v) is 4.34. The summed E-state index contributed by atoms with van der Waals surface area (Å²) in [6, 6.07) is 7.73. The number of benzene rings is 1. The molecule has 1 fully saturated rings. The van der Waals surface area contributed by atoms with Crippen LogP contribution in [-0.2, 0) is 4.79 Å². The second kappa shape index (κ2) is 6.90. The van der Waals surface area contributed by atoms with Crippen LogP contribution in [0.1, 0.15) is 17.3 Å². The van der Waals surface area contributed by atoms with Gasteiger partial charge in [0.2, 0.25) is 5.91 Å². The third kappa shape index (κ3) is 3.84. The third-order valence-electron chi connectivity index (χ3n) is 3.60. The molecule has 0 unspecified atom stereocenters. The Kier molecular flexibility index (Phi) is 5.20. The lowest BCUT2D eigenvalue weighted by Gasteiger charge is -2.33. The summed E-state index contributed by atoms with van der Waals surface area (Å²) in [4.78, 5) is 28.6. The highest BCUT2D eigenvalue weighted by Gasteiger charge is 2.20. The number of Topliss-reactive ketones (excluding diaryl/α,β-unsaturated/α-hetero) is 1. The van der Waals surface area contributed by atoms with Gasteiger partial charge in [-0.15, -0.1) is 11.8 Å². The van der Waals surface area contributed by atoms with Crippen molar-refractivity contribution in [1.82, 2.24) is 9.80 Å². The molecule has 1 aromatic rings. The number of rotatable bonds is 4. The van der Waals surface area contributed by atoms with Crippen molar-refractivity contribution in [2.24, 2.45) is 0 Å². The maximum absolute atomic E-state index is 12.2. The summed E-state index contributed by atoms with van der Waals surface area (Å²) >= 11 is 1.67. The second-order valence-corrected chi connectivity index (χ2v) is 5.81. The number of carbonyl (C=O) groups excluding carboxylic acids is 2. The van der Waals surface area contributed by atoms with Crippen LogP contribution in [0.3, 0.4) is 0 Å². The van der Waals surface area contributed by atoms with Gasteiger partial charge in [-0.25, -0.2) is 0 Å². The number of hydrogen-bond donors (Lipinski definition) is 0. The van der Waals surface area contributed by atoms with E-state index in [9.17, 15) is 9.59 Å². The largest absolute Gasteiger partial charge is 0.340 e. The van der Waals surface area contributed by atoms with E-state index in [4.69, 9.17) is 0 Å². The quantitative estimate of drug-likeness (QED) is 0.626. The molecule has 2 rings (SSSR count). The Balaban J connectivity index is 1.87. The van der Waals surface area contributed by atoms with E-state index in [1.807, 2.05) is 35.4 Å². The van der Waals surface area contributed by atoms with Crippen molar-refractivity contribution in [3.63, 3.8) is 0 Å². The molecular formula is C15H20N2O2S. The monoisotopic (exact) mass is 292 g/mol. The van der Waals surface area contributed by atoms with Gasteiger partial charge in [0, 0.05) is 43.6 Å². The Hall–Kier alpha value is -1.33. The molecule has 5 heteroatoms. The highest BCUT2D eigenvalue weighted by atomic mass is 32.2. The smallest absolute Gasteiger partial charge is 0.219 e. The molecular weight excluding hydrogens is 272 g/mol. The Morgan fingerprint density at radius 1 is 1.10 bits per heavy atom. The molecule has 0 spiro atoms. The van der Waals surface area contributed by atoms with Crippen LogP contribution >= 0.6 is 11.8 Å². The molecule has 4 nitrogen and oxygen atoms in total. The minimum absolute atomic E-state index is 0.114. The van der Waals surface area contributed by atoms with Crippen LogP contribution in [0.4, 0.5) is 0 Å². The van der Waals surface area contributed by atoms with Gasteiger partial charge in [-0.05, 0) is 18.4 Å². The lowest BCUT2D eigenvalue weighted by atomic mass is 10.1. The second-order valence-electron chi connectivity index (χ2n) is 4.93. The maximum atomic E-state index is 12.2. The molecule has 1 aromatic carbocycles. The molecule has 0 bridgehead atoms. The van der Waals surface area contributed by atoms with Crippen molar-refractivity contribution >= 4 is 23.5 Å². The van der Waals surface area contributed by atoms with Crippen molar-refractivity contribution in [1.29, 1.82) is 0 Å². The summed E-state index contributed by atoms with van der Waals surface area (Å²) in [5, 5.41) is 0. The van der Waals surface area contributed by atoms with E-state index < -0.39 is 0 Å². The fourth-order valence-corrected chi connectivity index (χ4v) is 2.70. The zero-order valence-electron chi connectivity index (χ0n) is 12.0. The van der Waals surface area contributed by atoms with Gasteiger partial charge in [0.15, 0.2) is 5.78 Å². The molecule has 1 aliphatic rings. The van der Waals surface area contributed by atoms with Crippen LogP contribution in [0.2, 0.25) is 0 Å². The van der Waals surface area contributed by atoms with Gasteiger partial charge < -0.3 is 4.90 Å². The number of amides is 1. The highest BCUT2D eigenvalue weighted by molar-refractivity contribution is 7.98. The van der Waals surface area contributed by atoms with Crippen molar-refractivity contribution in [2.75, 3.05) is 39.0 Å². The van der Waals surface area contributed by atoms with Crippen LogP contribution in [-0.4, -0.2) is 60.5 Å². The molecule has 0 N–H and O–H groups in total. The summed E-state index contributed by atoms with van der Waals surface area (Å²) in [5.41, 5.74) is 0.761. The minimum Gasteiger partial charge on any atom is -0.340 e. The molecule has 0 radical (unpaired) electrons. The molecule has 108 valence electrons. The first-order valence-corrected chi connectivity index (χ1v) is 7.98. The standard InChI is InChI=1S/C15H20N2O2S/c1-12(18)17-9-7-16(8-10-17)11-15(19)13-3-5-14(20-2)6-4-13/h3-6H,7-11H2,1-2H3. The normalized spacial score (nSPS) is 16.2. The predicted octanol–water partition coefficient (Wildman–Crippen LogP) is 1.76. The summed E-state index contributed by atoms with van der Waals surface area (Å²) in [6.45, 7) is 5.00. The van der Waals surface area contributed by atoms with Crippen molar-refractivity contribution < 1.29 is 9.59 Å². The number of carbonyl (C=O) groups is 2. The fraction of sp³-hybridized carbons (Fsp3) is 0.467. The van der Waals surface area contributed by atoms with Crippen molar-refractivity contribution in [3.05, 3.63) is 29.8 Å². The van der Waals surface area contributed by atoms with E-state index in [0.717, 1.165) is 23.5 Å². The lowest BCUT2D eigenvalue weighted by molar-refractivity contribution is -0.130. The van der Waals surface area contributed by atoms with Gasteiger partial charge in [0.05, 0.1) is 6.54 Å². The number of nitrogens with zero attached hydrogens (tertiary/aromatic N) is 2. The van der Waals surface area contributed by atoms with E-state index in [0.29, 0.717) is 19.6 Å². The van der Waals surface area contributed by atoms with Crippen LogP contribution in [0.15, 0.2) is 29.2 Å². The number of piperazine rings is 1. The SMILES string of the molecule is CSc1ccc(C(=O)CN2CCN(C(C)=O)CC2)cc1. The molecule has 0 aliphatic carbocycles. The molecule has 20 heavy (non-hydrogen) atoms. The van der Waals surface area contributed by atoms with E-state index in [2.05, 4.69) is 4.90 Å². The Morgan fingerprint density at radius 3 is 2.20 bits per heavy atom. The predicted molar refractivity (Wildman–Crippen MR) is 81.2 cm³/mol. The van der Waals surface area contributed by atoms with Gasteiger partial charge in [-0.3, -0.25) is 14.5 Å². The zero-order chi connectivity index (χ0) is 14.5. The number of ketones is 1. The Labute approximate surface area is 124 Å². The highest BCUT2D eigenvalue weighted by Crippen LogP contribution is 2.15. The lowest BCUT2D eigenvalue weighted by Crippen LogP contribution is -2.49. The molecule has 0 aromatic heterocycles. The zero-order valence-corrected chi connectivity index (χ0v) is 12.8. The average Bonchev–Trinajstić information content (AvgIpc) is 2.48. The summed E-state index contributed by atoms with van der Waals surface area (Å²) in [7, 11) is 0. The van der Waals surface area contributed by atoms with Crippen LogP contribution in [0.5, 0.6) is 0 Å². The minimum atomic E-state index is 0.114. The van der Waals surface area contributed by atoms with E-state index in [1.54, 1.807) is 18.7 Å². The summed E-state index contributed by atoms with van der Waals surface area (Å²) in [6.07, 6.45) is 2.02. The molecule has 0 atom stereocenters. The van der Waals surface area contributed by atoms with Gasteiger partial charge >= 0.3 is 0 Å². The first-order valence-electron chi connectivity index (χ1n) is 6.75. The fourth-order valence-electron chi connectivity index (χ4n) is 2.29. The average molecular weight is 292 g/mol. The van der Waals surface area contributed by atoms with Crippen LogP contribution < -0.4 is 0 Å². The van der Waals surface area contributed by atoms with Gasteiger partial charge in [-0.2, -0.15) is 0 Å². The Bertz CT molecular complexity index is 479. The molecule has 1 saturated heterocycles. The first-order chi connectivity index (χ1) is 9.60.